The number of carboxylic acid groups (broad SMARTS) is 1. The normalized spacial score (nSPS) is 18.7. The summed E-state index contributed by atoms with van der Waals surface area (Å²) < 4.78 is 16.3. The number of aromatic nitrogens is 2. The Morgan fingerprint density at radius 3 is 2.45 bits per heavy atom. The zero-order valence-corrected chi connectivity index (χ0v) is 16.3. The number of hydrogen-bond donors (Lipinski definition) is 4. The van der Waals surface area contributed by atoms with Gasteiger partial charge in [0.1, 0.15) is 5.82 Å². The Balaban J connectivity index is 1.73. The number of hydrazine groups is 1. The Bertz CT molecular complexity index is 1040. The molecule has 2 heterocycles. The number of H-pyrrole nitrogens is 1. The van der Waals surface area contributed by atoms with Crippen LogP contribution >= 0.6 is 0 Å². The first-order chi connectivity index (χ1) is 14.0. The highest BCUT2D eigenvalue weighted by Crippen LogP contribution is 2.42. The van der Waals surface area contributed by atoms with E-state index in [4.69, 9.17) is 14.2 Å². The molecule has 0 saturated carbocycles. The van der Waals surface area contributed by atoms with Crippen LogP contribution in [0.25, 0.3) is 11.0 Å². The van der Waals surface area contributed by atoms with Crippen molar-refractivity contribution in [3.05, 3.63) is 47.3 Å². The molecule has 9 heteroatoms. The van der Waals surface area contributed by atoms with Gasteiger partial charge in [0.25, 0.3) is 0 Å². The smallest absolute Gasteiger partial charge is 0.335 e. The first-order valence-electron chi connectivity index (χ1n) is 9.07. The number of ether oxygens (including phenoxy) is 3. The molecular formula is C20H22N4O5. The number of aromatic carboxylic acids is 1. The fourth-order valence-corrected chi connectivity index (χ4v) is 3.69. The van der Waals surface area contributed by atoms with Crippen LogP contribution < -0.4 is 25.1 Å². The topological polar surface area (TPSA) is 118 Å². The van der Waals surface area contributed by atoms with E-state index >= 15 is 0 Å². The monoisotopic (exact) mass is 398 g/mol. The Hall–Kier alpha value is -3.30. The van der Waals surface area contributed by atoms with Crippen LogP contribution in [0.1, 0.15) is 33.7 Å². The standard InChI is InChI=1S/C20H22N4O5/c1-27-15-7-11(8-16(28-2)18(15)29-3)17-12(9-21-24-17)19-22-13-5-4-10(20(25)26)6-14(13)23-19/h4-8,12,17,21,24H,9H2,1-3H3,(H,22,23)(H,25,26). The Kier molecular flexibility index (Phi) is 4.99. The molecule has 0 radical (unpaired) electrons. The predicted octanol–water partition coefficient (Wildman–Crippen LogP) is 2.22. The molecule has 0 spiro atoms. The van der Waals surface area contributed by atoms with Crippen LogP contribution in [0.4, 0.5) is 0 Å². The quantitative estimate of drug-likeness (QED) is 0.499. The number of aromatic amines is 1. The molecule has 29 heavy (non-hydrogen) atoms. The molecule has 0 bridgehead atoms. The zero-order chi connectivity index (χ0) is 20.5. The highest BCUT2D eigenvalue weighted by molar-refractivity contribution is 5.92. The summed E-state index contributed by atoms with van der Waals surface area (Å²) in [6.07, 6.45) is 0. The van der Waals surface area contributed by atoms with Crippen LogP contribution in [0.3, 0.4) is 0 Å². The molecule has 1 aliphatic heterocycles. The number of nitrogens with zero attached hydrogens (tertiary/aromatic N) is 1. The minimum atomic E-state index is -0.970. The van der Waals surface area contributed by atoms with Gasteiger partial charge in [0, 0.05) is 6.54 Å². The summed E-state index contributed by atoms with van der Waals surface area (Å²) in [7, 11) is 4.73. The molecule has 1 fully saturated rings. The predicted molar refractivity (Wildman–Crippen MR) is 106 cm³/mol. The number of fused-ring (bicyclic) bond motifs is 1. The lowest BCUT2D eigenvalue weighted by Gasteiger charge is -2.20. The molecule has 2 atom stereocenters. The summed E-state index contributed by atoms with van der Waals surface area (Å²) in [5, 5.41) is 9.21. The van der Waals surface area contributed by atoms with Crippen LogP contribution in [0, 0.1) is 0 Å². The first kappa shape index (κ1) is 19.0. The van der Waals surface area contributed by atoms with E-state index in [0.29, 0.717) is 29.3 Å². The third kappa shape index (κ3) is 3.34. The van der Waals surface area contributed by atoms with Gasteiger partial charge in [-0.25, -0.2) is 15.2 Å². The van der Waals surface area contributed by atoms with Crippen molar-refractivity contribution in [2.45, 2.75) is 12.0 Å². The Labute approximate surface area is 167 Å². The van der Waals surface area contributed by atoms with Crippen molar-refractivity contribution in [3.63, 3.8) is 0 Å². The maximum absolute atomic E-state index is 11.2. The van der Waals surface area contributed by atoms with Gasteiger partial charge in [0.15, 0.2) is 11.5 Å². The van der Waals surface area contributed by atoms with Crippen molar-refractivity contribution in [3.8, 4) is 17.2 Å². The second-order valence-electron chi connectivity index (χ2n) is 6.73. The van der Waals surface area contributed by atoms with E-state index in [0.717, 1.165) is 16.9 Å². The summed E-state index contributed by atoms with van der Waals surface area (Å²) in [4.78, 5) is 19.2. The van der Waals surface area contributed by atoms with Crippen LogP contribution in [-0.2, 0) is 0 Å². The van der Waals surface area contributed by atoms with Crippen molar-refractivity contribution in [2.75, 3.05) is 27.9 Å². The van der Waals surface area contributed by atoms with Crippen molar-refractivity contribution >= 4 is 17.0 Å². The van der Waals surface area contributed by atoms with E-state index in [1.807, 2.05) is 12.1 Å². The van der Waals surface area contributed by atoms with Gasteiger partial charge in [0.2, 0.25) is 5.75 Å². The number of carbonyl (C=O) groups is 1. The lowest BCUT2D eigenvalue weighted by molar-refractivity contribution is 0.0697. The number of imidazole rings is 1. The van der Waals surface area contributed by atoms with E-state index in [9.17, 15) is 9.90 Å². The van der Waals surface area contributed by atoms with Crippen molar-refractivity contribution in [1.29, 1.82) is 0 Å². The lowest BCUT2D eigenvalue weighted by Crippen LogP contribution is -2.25. The van der Waals surface area contributed by atoms with Crippen LogP contribution in [0.15, 0.2) is 30.3 Å². The first-order valence-corrected chi connectivity index (χ1v) is 9.07. The third-order valence-corrected chi connectivity index (χ3v) is 5.13. The number of hydrogen-bond acceptors (Lipinski definition) is 7. The maximum atomic E-state index is 11.2. The molecule has 2 unspecified atom stereocenters. The molecule has 9 nitrogen and oxygen atoms in total. The molecule has 0 amide bonds. The Morgan fingerprint density at radius 2 is 1.83 bits per heavy atom. The molecule has 0 aliphatic carbocycles. The van der Waals surface area contributed by atoms with E-state index in [1.165, 1.54) is 0 Å². The maximum Gasteiger partial charge on any atom is 0.335 e. The number of nitrogens with one attached hydrogen (secondary N) is 3. The molecule has 4 N–H and O–H groups in total. The van der Waals surface area contributed by atoms with Gasteiger partial charge in [-0.2, -0.15) is 0 Å². The molecule has 152 valence electrons. The second kappa shape index (κ2) is 7.61. The summed E-state index contributed by atoms with van der Waals surface area (Å²) in [5.74, 6) is 1.46. The fourth-order valence-electron chi connectivity index (χ4n) is 3.69. The Morgan fingerprint density at radius 1 is 1.10 bits per heavy atom. The second-order valence-corrected chi connectivity index (χ2v) is 6.73. The molecule has 1 aliphatic rings. The summed E-state index contributed by atoms with van der Waals surface area (Å²) in [6, 6.07) is 8.57. The molecule has 4 rings (SSSR count). The van der Waals surface area contributed by atoms with Gasteiger partial charge in [-0.3, -0.25) is 5.43 Å². The summed E-state index contributed by atoms with van der Waals surface area (Å²) >= 11 is 0. The van der Waals surface area contributed by atoms with Crippen LogP contribution in [0.2, 0.25) is 0 Å². The average molecular weight is 398 g/mol. The fraction of sp³-hybridized carbons (Fsp3) is 0.300. The van der Waals surface area contributed by atoms with E-state index in [1.54, 1.807) is 39.5 Å². The highest BCUT2D eigenvalue weighted by atomic mass is 16.5. The number of methoxy groups -OCH3 is 3. The number of benzene rings is 2. The van der Waals surface area contributed by atoms with Gasteiger partial charge in [-0.1, -0.05) is 0 Å². The molecule has 1 saturated heterocycles. The van der Waals surface area contributed by atoms with Gasteiger partial charge in [-0.15, -0.1) is 0 Å². The molecular weight excluding hydrogens is 376 g/mol. The summed E-state index contributed by atoms with van der Waals surface area (Å²) in [6.45, 7) is 0.646. The average Bonchev–Trinajstić information content (AvgIpc) is 3.38. The van der Waals surface area contributed by atoms with Crippen molar-refractivity contribution in [1.82, 2.24) is 20.8 Å². The van der Waals surface area contributed by atoms with E-state index < -0.39 is 5.97 Å². The molecule has 1 aromatic heterocycles. The van der Waals surface area contributed by atoms with Crippen LogP contribution in [0.5, 0.6) is 17.2 Å². The third-order valence-electron chi connectivity index (χ3n) is 5.13. The van der Waals surface area contributed by atoms with Gasteiger partial charge in [-0.05, 0) is 35.9 Å². The van der Waals surface area contributed by atoms with Gasteiger partial charge < -0.3 is 24.3 Å². The number of rotatable bonds is 6. The minimum Gasteiger partial charge on any atom is -0.493 e. The van der Waals surface area contributed by atoms with E-state index in [2.05, 4.69) is 20.8 Å². The molecule has 2 aromatic carbocycles. The van der Waals surface area contributed by atoms with Crippen molar-refractivity contribution in [2.24, 2.45) is 0 Å². The van der Waals surface area contributed by atoms with E-state index in [-0.39, 0.29) is 17.5 Å². The zero-order valence-electron chi connectivity index (χ0n) is 16.3. The highest BCUT2D eigenvalue weighted by Gasteiger charge is 2.33. The SMILES string of the molecule is COc1cc(C2NNCC2c2nc3ccc(C(=O)O)cc3[nH]2)cc(OC)c1OC. The van der Waals surface area contributed by atoms with Gasteiger partial charge in [0.05, 0.1) is 49.9 Å². The largest absolute Gasteiger partial charge is 0.493 e. The molecule has 3 aromatic rings. The van der Waals surface area contributed by atoms with Gasteiger partial charge >= 0.3 is 5.97 Å². The van der Waals surface area contributed by atoms with Crippen molar-refractivity contribution < 1.29 is 24.1 Å². The number of carboxylic acids is 1. The minimum absolute atomic E-state index is 0.0153. The lowest BCUT2D eigenvalue weighted by atomic mass is 9.93. The summed E-state index contributed by atoms with van der Waals surface area (Å²) in [5.41, 5.74) is 9.04. The van der Waals surface area contributed by atoms with Crippen LogP contribution in [-0.4, -0.2) is 48.9 Å².